The molecule has 0 saturated carbocycles. The van der Waals surface area contributed by atoms with Crippen molar-refractivity contribution in [3.63, 3.8) is 0 Å². The summed E-state index contributed by atoms with van der Waals surface area (Å²) in [7, 11) is 3.34. The third kappa shape index (κ3) is 6.48. The molecule has 0 radical (unpaired) electrons. The van der Waals surface area contributed by atoms with Gasteiger partial charge in [0.2, 0.25) is 10.6 Å². The second-order valence-corrected chi connectivity index (χ2v) is 8.37. The molecule has 0 atom stereocenters. The van der Waals surface area contributed by atoms with E-state index in [1.165, 1.54) is 6.20 Å². The fourth-order valence-electron chi connectivity index (χ4n) is 3.53. The Morgan fingerprint density at radius 1 is 0.730 bits per heavy atom. The Kier molecular flexibility index (Phi) is 8.79. The minimum Gasteiger partial charge on any atom is -0.496 e. The van der Waals surface area contributed by atoms with Crippen LogP contribution < -0.4 is 9.47 Å². The molecule has 11 heteroatoms. The van der Waals surface area contributed by atoms with Gasteiger partial charge in [0.1, 0.15) is 22.5 Å². The first-order valence-electron chi connectivity index (χ1n) is 10.9. The second-order valence-electron chi connectivity index (χ2n) is 7.31. The SMILES string of the molecule is COc1cccc2[nH]ccc12.COc1cccc2c1ccn2-c1ccnc(Cl)n1.Clc1ccnc(Cl)n1. The maximum absolute atomic E-state index is 5.81. The van der Waals surface area contributed by atoms with Gasteiger partial charge in [0, 0.05) is 41.1 Å². The minimum absolute atomic E-state index is 0.178. The summed E-state index contributed by atoms with van der Waals surface area (Å²) in [4.78, 5) is 18.4. The summed E-state index contributed by atoms with van der Waals surface area (Å²) < 4.78 is 12.4. The summed E-state index contributed by atoms with van der Waals surface area (Å²) in [5.41, 5.74) is 2.13. The van der Waals surface area contributed by atoms with Crippen LogP contribution in [0.5, 0.6) is 11.5 Å². The van der Waals surface area contributed by atoms with E-state index in [1.54, 1.807) is 26.5 Å². The van der Waals surface area contributed by atoms with E-state index in [1.807, 2.05) is 71.6 Å². The predicted octanol–water partition coefficient (Wildman–Crippen LogP) is 7.04. The van der Waals surface area contributed by atoms with Gasteiger partial charge >= 0.3 is 0 Å². The van der Waals surface area contributed by atoms with Crippen molar-refractivity contribution in [1.29, 1.82) is 0 Å². The zero-order valence-corrected chi connectivity index (χ0v) is 22.0. The molecule has 8 nitrogen and oxygen atoms in total. The van der Waals surface area contributed by atoms with Crippen LogP contribution >= 0.6 is 34.8 Å². The third-order valence-corrected chi connectivity index (χ3v) is 5.71. The van der Waals surface area contributed by atoms with Crippen molar-refractivity contribution in [2.45, 2.75) is 0 Å². The van der Waals surface area contributed by atoms with Crippen molar-refractivity contribution in [3.8, 4) is 17.3 Å². The quantitative estimate of drug-likeness (QED) is 0.186. The number of hydrogen-bond acceptors (Lipinski definition) is 6. The summed E-state index contributed by atoms with van der Waals surface area (Å²) in [6, 6.07) is 19.2. The van der Waals surface area contributed by atoms with Crippen LogP contribution in [0.25, 0.3) is 27.6 Å². The molecule has 6 rings (SSSR count). The molecule has 0 aliphatic rings. The molecule has 4 heterocycles. The smallest absolute Gasteiger partial charge is 0.224 e. The van der Waals surface area contributed by atoms with Gasteiger partial charge in [0.05, 0.1) is 19.7 Å². The molecule has 0 aliphatic carbocycles. The lowest BCUT2D eigenvalue weighted by molar-refractivity contribution is 0.420. The number of nitrogens with one attached hydrogen (secondary N) is 1. The van der Waals surface area contributed by atoms with Crippen molar-refractivity contribution in [2.75, 3.05) is 14.2 Å². The Labute approximate surface area is 227 Å². The highest BCUT2D eigenvalue weighted by Gasteiger charge is 2.08. The highest BCUT2D eigenvalue weighted by molar-refractivity contribution is 6.31. The molecule has 188 valence electrons. The number of fused-ring (bicyclic) bond motifs is 2. The number of aromatic amines is 1. The van der Waals surface area contributed by atoms with E-state index in [4.69, 9.17) is 44.3 Å². The van der Waals surface area contributed by atoms with Crippen molar-refractivity contribution in [3.05, 3.63) is 101 Å². The minimum atomic E-state index is 0.178. The number of aromatic nitrogens is 6. The van der Waals surface area contributed by atoms with Gasteiger partial charge in [0.25, 0.3) is 0 Å². The lowest BCUT2D eigenvalue weighted by atomic mass is 10.2. The molecule has 0 saturated heterocycles. The zero-order chi connectivity index (χ0) is 26.2. The molecular formula is C26H21Cl3N6O2. The molecule has 0 aliphatic heterocycles. The zero-order valence-electron chi connectivity index (χ0n) is 19.8. The normalized spacial score (nSPS) is 10.3. The maximum Gasteiger partial charge on any atom is 0.224 e. The van der Waals surface area contributed by atoms with Gasteiger partial charge < -0.3 is 19.0 Å². The van der Waals surface area contributed by atoms with Gasteiger partial charge in [-0.2, -0.15) is 4.98 Å². The first-order chi connectivity index (χ1) is 18.0. The van der Waals surface area contributed by atoms with E-state index in [9.17, 15) is 0 Å². The van der Waals surface area contributed by atoms with Crippen molar-refractivity contribution in [2.24, 2.45) is 0 Å². The number of hydrogen-bond donors (Lipinski definition) is 1. The van der Waals surface area contributed by atoms with Crippen molar-refractivity contribution < 1.29 is 9.47 Å². The van der Waals surface area contributed by atoms with Gasteiger partial charge in [-0.05, 0) is 71.7 Å². The average molecular weight is 556 g/mol. The predicted molar refractivity (Wildman–Crippen MR) is 147 cm³/mol. The fraction of sp³-hybridized carbons (Fsp3) is 0.0769. The lowest BCUT2D eigenvalue weighted by Crippen LogP contribution is -1.96. The van der Waals surface area contributed by atoms with E-state index >= 15 is 0 Å². The number of benzene rings is 2. The number of ether oxygens (including phenoxy) is 2. The van der Waals surface area contributed by atoms with E-state index in [0.717, 1.165) is 39.1 Å². The first kappa shape index (κ1) is 26.2. The molecule has 0 spiro atoms. The highest BCUT2D eigenvalue weighted by Crippen LogP contribution is 2.28. The summed E-state index contributed by atoms with van der Waals surface area (Å²) in [6.07, 6.45) is 6.98. The Morgan fingerprint density at radius 2 is 1.41 bits per heavy atom. The summed E-state index contributed by atoms with van der Waals surface area (Å²) in [5.74, 6) is 2.49. The van der Waals surface area contributed by atoms with Crippen LogP contribution in [0.3, 0.4) is 0 Å². The molecule has 37 heavy (non-hydrogen) atoms. The van der Waals surface area contributed by atoms with Gasteiger partial charge in [-0.1, -0.05) is 23.7 Å². The van der Waals surface area contributed by atoms with Gasteiger partial charge in [-0.15, -0.1) is 0 Å². The van der Waals surface area contributed by atoms with Crippen LogP contribution in [0.1, 0.15) is 0 Å². The number of H-pyrrole nitrogens is 1. The van der Waals surface area contributed by atoms with Crippen LogP contribution in [0.2, 0.25) is 15.7 Å². The van der Waals surface area contributed by atoms with E-state index < -0.39 is 0 Å². The van der Waals surface area contributed by atoms with E-state index in [0.29, 0.717) is 5.15 Å². The molecular weight excluding hydrogens is 535 g/mol. The first-order valence-corrected chi connectivity index (χ1v) is 12.0. The summed E-state index contributed by atoms with van der Waals surface area (Å²) in [6.45, 7) is 0. The Balaban J connectivity index is 0.000000143. The molecule has 1 N–H and O–H groups in total. The van der Waals surface area contributed by atoms with Crippen LogP contribution in [0.15, 0.2) is 85.5 Å². The molecule has 0 amide bonds. The Bertz CT molecular complexity index is 1600. The highest BCUT2D eigenvalue weighted by atomic mass is 35.5. The monoisotopic (exact) mass is 554 g/mol. The maximum atomic E-state index is 5.81. The number of nitrogens with zero attached hydrogens (tertiary/aromatic N) is 5. The van der Waals surface area contributed by atoms with E-state index in [-0.39, 0.29) is 10.6 Å². The van der Waals surface area contributed by atoms with Gasteiger partial charge in [-0.3, -0.25) is 0 Å². The Hall–Kier alpha value is -3.85. The number of rotatable bonds is 3. The molecule has 6 aromatic rings. The molecule has 2 aromatic carbocycles. The number of halogens is 3. The molecule has 4 aromatic heterocycles. The topological polar surface area (TPSA) is 90.7 Å². The van der Waals surface area contributed by atoms with Crippen LogP contribution in [-0.4, -0.2) is 43.7 Å². The van der Waals surface area contributed by atoms with Crippen LogP contribution in [0.4, 0.5) is 0 Å². The standard InChI is InChI=1S/C13H10ClN3O.C9H9NO.C4H2Cl2N2/c1-18-11-4-2-3-10-9(11)6-8-17(10)12-5-7-15-13(14)16-12;1-11-9-4-2-3-8-7(9)5-6-10-8;5-3-1-2-7-4(6)8-3/h2-8H,1H3;2-6,10H,1H3;1-2H. The Morgan fingerprint density at radius 3 is 2.05 bits per heavy atom. The third-order valence-electron chi connectivity index (χ3n) is 5.14. The second kappa shape index (κ2) is 12.4. The average Bonchev–Trinajstić information content (AvgIpc) is 3.56. The summed E-state index contributed by atoms with van der Waals surface area (Å²) >= 11 is 16.6. The van der Waals surface area contributed by atoms with Crippen LogP contribution in [0, 0.1) is 0 Å². The van der Waals surface area contributed by atoms with Crippen LogP contribution in [-0.2, 0) is 0 Å². The molecule has 0 bridgehead atoms. The number of methoxy groups -OCH3 is 2. The largest absolute Gasteiger partial charge is 0.496 e. The summed E-state index contributed by atoms with van der Waals surface area (Å²) in [5, 5.41) is 2.95. The molecule has 0 fully saturated rings. The lowest BCUT2D eigenvalue weighted by Gasteiger charge is -2.05. The van der Waals surface area contributed by atoms with Crippen molar-refractivity contribution >= 4 is 56.6 Å². The van der Waals surface area contributed by atoms with Crippen molar-refractivity contribution in [1.82, 2.24) is 29.5 Å². The van der Waals surface area contributed by atoms with E-state index in [2.05, 4.69) is 24.9 Å². The van der Waals surface area contributed by atoms with Gasteiger partial charge in [-0.25, -0.2) is 15.0 Å². The van der Waals surface area contributed by atoms with Gasteiger partial charge in [0.15, 0.2) is 0 Å². The molecule has 0 unspecified atom stereocenters. The fourth-order valence-corrected chi connectivity index (χ4v) is 4.00.